The number of allylic oxidation sites excluding steroid dienone is 1. The first-order chi connectivity index (χ1) is 20.5. The summed E-state index contributed by atoms with van der Waals surface area (Å²) >= 11 is 0. The molecule has 1 amide bonds. The lowest BCUT2D eigenvalue weighted by atomic mass is 9.92. The van der Waals surface area contributed by atoms with Gasteiger partial charge in [0.05, 0.1) is 12.1 Å². The lowest BCUT2D eigenvalue weighted by molar-refractivity contribution is -0.154. The summed E-state index contributed by atoms with van der Waals surface area (Å²) in [6.45, 7) is 5.74. The highest BCUT2D eigenvalue weighted by atomic mass is 16.7. The molecule has 222 valence electrons. The van der Waals surface area contributed by atoms with E-state index in [-0.39, 0.29) is 36.9 Å². The van der Waals surface area contributed by atoms with Crippen molar-refractivity contribution in [1.29, 1.82) is 0 Å². The van der Waals surface area contributed by atoms with E-state index in [1.165, 1.54) is 0 Å². The van der Waals surface area contributed by atoms with Crippen LogP contribution in [0.25, 0.3) is 10.9 Å². The van der Waals surface area contributed by atoms with Crippen LogP contribution < -0.4 is 9.47 Å². The maximum atomic E-state index is 13.8. The van der Waals surface area contributed by atoms with E-state index in [2.05, 4.69) is 11.0 Å². The number of unbranched alkanes of at least 4 members (excludes halogenated alkanes) is 1. The average Bonchev–Trinajstić information content (AvgIpc) is 3.64. The maximum absolute atomic E-state index is 13.8. The molecule has 3 aliphatic heterocycles. The molecule has 1 saturated heterocycles. The number of fused-ring (bicyclic) bond motifs is 2. The van der Waals surface area contributed by atoms with Crippen LogP contribution >= 0.6 is 0 Å². The van der Waals surface area contributed by atoms with Crippen molar-refractivity contribution < 1.29 is 33.6 Å². The lowest BCUT2D eigenvalue weighted by Crippen LogP contribution is -2.49. The van der Waals surface area contributed by atoms with Gasteiger partial charge in [0.15, 0.2) is 17.3 Å². The van der Waals surface area contributed by atoms with Crippen LogP contribution in [0, 0.1) is 0 Å². The number of ether oxygens (including phenoxy) is 4. The number of aliphatic hydroxyl groups is 1. The van der Waals surface area contributed by atoms with Gasteiger partial charge in [0.2, 0.25) is 19.0 Å². The van der Waals surface area contributed by atoms with E-state index in [1.54, 1.807) is 11.5 Å². The Kier molecular flexibility index (Phi) is 8.46. The molecule has 0 aliphatic carbocycles. The number of para-hydroxylation sites is 1. The number of piperazine rings is 1. The Morgan fingerprint density at radius 3 is 2.64 bits per heavy atom. The van der Waals surface area contributed by atoms with Crippen molar-refractivity contribution in [2.24, 2.45) is 0 Å². The first-order valence-electron chi connectivity index (χ1n) is 14.6. The number of benzene rings is 2. The highest BCUT2D eigenvalue weighted by molar-refractivity contribution is 5.95. The second-order valence-electron chi connectivity index (χ2n) is 11.0. The van der Waals surface area contributed by atoms with Crippen LogP contribution in [-0.4, -0.2) is 83.8 Å². The van der Waals surface area contributed by atoms with Gasteiger partial charge in [0.25, 0.3) is 5.91 Å². The number of aromatic nitrogens is 1. The zero-order valence-electron chi connectivity index (χ0n) is 23.9. The van der Waals surface area contributed by atoms with Crippen molar-refractivity contribution in [2.75, 3.05) is 46.2 Å². The molecule has 0 unspecified atom stereocenters. The molecule has 0 saturated carbocycles. The summed E-state index contributed by atoms with van der Waals surface area (Å²) in [5.74, 6) is 1.44. The first-order valence-corrected chi connectivity index (χ1v) is 14.6. The molecule has 1 N–H and O–H groups in total. The number of rotatable bonds is 9. The predicted octanol–water partition coefficient (Wildman–Crippen LogP) is 3.88. The van der Waals surface area contributed by atoms with E-state index in [4.69, 9.17) is 24.1 Å². The van der Waals surface area contributed by atoms with Crippen LogP contribution in [0.5, 0.6) is 11.5 Å². The van der Waals surface area contributed by atoms with Gasteiger partial charge in [-0.2, -0.15) is 0 Å². The van der Waals surface area contributed by atoms with Crippen molar-refractivity contribution in [3.63, 3.8) is 0 Å². The molecule has 3 aliphatic rings. The number of aliphatic hydroxyl groups excluding tert-OH is 1. The summed E-state index contributed by atoms with van der Waals surface area (Å²) in [7, 11) is 0. The smallest absolute Gasteiger partial charge is 0.288 e. The van der Waals surface area contributed by atoms with Gasteiger partial charge in [-0.05, 0) is 48.2 Å². The first kappa shape index (κ1) is 28.3. The lowest BCUT2D eigenvalue weighted by Gasteiger charge is -2.36. The zero-order valence-corrected chi connectivity index (χ0v) is 23.9. The molecule has 4 heterocycles. The van der Waals surface area contributed by atoms with Crippen molar-refractivity contribution >= 4 is 22.7 Å². The van der Waals surface area contributed by atoms with Gasteiger partial charge in [-0.25, -0.2) is 0 Å². The van der Waals surface area contributed by atoms with Crippen molar-refractivity contribution in [2.45, 2.75) is 44.9 Å². The molecule has 3 aromatic rings. The third kappa shape index (κ3) is 6.01. The maximum Gasteiger partial charge on any atom is 0.288 e. The molecule has 2 atom stereocenters. The summed E-state index contributed by atoms with van der Waals surface area (Å²) in [4.78, 5) is 30.3. The summed E-state index contributed by atoms with van der Waals surface area (Å²) in [5.41, 5.74) is 2.95. The normalized spacial score (nSPS) is 20.4. The van der Waals surface area contributed by atoms with Gasteiger partial charge in [0.1, 0.15) is 0 Å². The van der Waals surface area contributed by atoms with Gasteiger partial charge < -0.3 is 29.0 Å². The van der Waals surface area contributed by atoms with E-state index >= 15 is 0 Å². The van der Waals surface area contributed by atoms with Gasteiger partial charge in [-0.3, -0.25) is 19.1 Å². The van der Waals surface area contributed by atoms with E-state index in [9.17, 15) is 9.59 Å². The molecule has 42 heavy (non-hydrogen) atoms. The van der Waals surface area contributed by atoms with Crippen LogP contribution in [0.3, 0.4) is 0 Å². The second kappa shape index (κ2) is 12.6. The third-order valence-corrected chi connectivity index (χ3v) is 8.11. The van der Waals surface area contributed by atoms with Crippen LogP contribution in [0.1, 0.15) is 48.0 Å². The Morgan fingerprint density at radius 2 is 1.83 bits per heavy atom. The number of carbonyl (C=O) groups excluding carboxylic acids is 2. The van der Waals surface area contributed by atoms with E-state index in [1.807, 2.05) is 53.6 Å². The highest BCUT2D eigenvalue weighted by Crippen LogP contribution is 2.37. The van der Waals surface area contributed by atoms with E-state index < -0.39 is 6.29 Å². The fourth-order valence-corrected chi connectivity index (χ4v) is 5.88. The predicted molar refractivity (Wildman–Crippen MR) is 155 cm³/mol. The summed E-state index contributed by atoms with van der Waals surface area (Å²) < 4.78 is 24.8. The number of hydrogen-bond acceptors (Lipinski definition) is 8. The van der Waals surface area contributed by atoms with E-state index in [0.717, 1.165) is 53.2 Å². The quantitative estimate of drug-likeness (QED) is 0.384. The highest BCUT2D eigenvalue weighted by Gasteiger charge is 2.33. The van der Waals surface area contributed by atoms with Crippen LogP contribution in [0.2, 0.25) is 0 Å². The zero-order chi connectivity index (χ0) is 29.1. The Labute approximate surface area is 245 Å². The Bertz CT molecular complexity index is 1470. The minimum atomic E-state index is -0.607. The molecule has 10 heteroatoms. The van der Waals surface area contributed by atoms with Gasteiger partial charge in [-0.15, -0.1) is 0 Å². The van der Waals surface area contributed by atoms with Gasteiger partial charge in [-0.1, -0.05) is 24.3 Å². The molecular weight excluding hydrogens is 538 g/mol. The fourth-order valence-electron chi connectivity index (χ4n) is 5.88. The Balaban J connectivity index is 1.17. The SMILES string of the molecule is CC(=O)n1cc([C@H]2C=C(C(=O)N3CCN(Cc4ccc5c(c4)OCO5)CC3)O[C@@H](OCCCCO)C2)c2ccccc21. The topological polar surface area (TPSA) is 103 Å². The van der Waals surface area contributed by atoms with Crippen molar-refractivity contribution in [3.05, 3.63) is 71.6 Å². The summed E-state index contributed by atoms with van der Waals surface area (Å²) in [6.07, 6.45) is 5.01. The molecule has 0 bridgehead atoms. The molecule has 0 spiro atoms. The number of amides is 1. The Hall–Kier alpha value is -3.86. The van der Waals surface area contributed by atoms with Crippen LogP contribution in [0.15, 0.2) is 60.5 Å². The number of carbonyl (C=O) groups is 2. The molecular formula is C32H37N3O7. The largest absolute Gasteiger partial charge is 0.459 e. The molecule has 10 nitrogen and oxygen atoms in total. The number of hydrogen-bond donors (Lipinski definition) is 1. The fraction of sp³-hybridized carbons (Fsp3) is 0.438. The molecule has 1 aromatic heterocycles. The monoisotopic (exact) mass is 575 g/mol. The minimum absolute atomic E-state index is 0.0692. The summed E-state index contributed by atoms with van der Waals surface area (Å²) in [5, 5.41) is 10.1. The number of nitrogens with zero attached hydrogens (tertiary/aromatic N) is 3. The Morgan fingerprint density at radius 1 is 1.02 bits per heavy atom. The van der Waals surface area contributed by atoms with Crippen molar-refractivity contribution in [3.8, 4) is 11.5 Å². The summed E-state index contributed by atoms with van der Waals surface area (Å²) in [6, 6.07) is 13.8. The average molecular weight is 576 g/mol. The third-order valence-electron chi connectivity index (χ3n) is 8.11. The van der Waals surface area contributed by atoms with Gasteiger partial charge in [0, 0.05) is 70.2 Å². The van der Waals surface area contributed by atoms with Crippen molar-refractivity contribution in [1.82, 2.24) is 14.4 Å². The second-order valence-corrected chi connectivity index (χ2v) is 11.0. The minimum Gasteiger partial charge on any atom is -0.459 e. The molecule has 0 radical (unpaired) electrons. The standard InChI is InChI=1S/C32H37N3O7/c1-22(37)35-20-26(25-6-2-3-7-27(25)35)24-17-30(42-31(18-24)39-15-5-4-14-36)32(38)34-12-10-33(11-13-34)19-23-8-9-28-29(16-23)41-21-40-28/h2-3,6-9,16-17,20,24,31,36H,4-5,10-15,18-19,21H2,1H3/t24-,31+/m0/s1. The van der Waals surface area contributed by atoms with Crippen LogP contribution in [-0.2, 0) is 20.8 Å². The molecule has 6 rings (SSSR count). The van der Waals surface area contributed by atoms with Gasteiger partial charge >= 0.3 is 0 Å². The van der Waals surface area contributed by atoms with E-state index in [0.29, 0.717) is 39.0 Å². The van der Waals surface area contributed by atoms with Crippen LogP contribution in [0.4, 0.5) is 0 Å². The molecule has 1 fully saturated rings. The molecule has 2 aromatic carbocycles.